The van der Waals surface area contributed by atoms with E-state index in [0.717, 1.165) is 29.7 Å². The van der Waals surface area contributed by atoms with Gasteiger partial charge in [0.05, 0.1) is 11.8 Å². The van der Waals surface area contributed by atoms with E-state index in [1.54, 1.807) is 6.26 Å². The molecule has 0 amide bonds. The highest BCUT2D eigenvalue weighted by Gasteiger charge is 2.15. The summed E-state index contributed by atoms with van der Waals surface area (Å²) in [7, 11) is 3.98. The first-order chi connectivity index (χ1) is 11.1. The SMILES string of the molecule is CN(C)CCCC(=O)n1nc(N)c2ccc(-c3ccco3)cc21.Cl. The standard InChI is InChI=1S/C17H20N4O2.ClH/c1-20(2)9-3-6-16(22)21-14-11-12(15-5-4-10-23-15)7-8-13(14)17(18)19-21;/h4-5,7-8,10-11H,3,6,9H2,1-2H3,(H2,18,19);1H. The number of halogens is 1. The topological polar surface area (TPSA) is 77.3 Å². The Morgan fingerprint density at radius 3 is 2.79 bits per heavy atom. The van der Waals surface area contributed by atoms with Crippen LogP contribution in [0.3, 0.4) is 0 Å². The molecule has 0 fully saturated rings. The molecule has 0 saturated heterocycles. The highest BCUT2D eigenvalue weighted by molar-refractivity contribution is 5.98. The largest absolute Gasteiger partial charge is 0.464 e. The van der Waals surface area contributed by atoms with Crippen molar-refractivity contribution in [1.29, 1.82) is 0 Å². The summed E-state index contributed by atoms with van der Waals surface area (Å²) in [5.41, 5.74) is 7.55. The van der Waals surface area contributed by atoms with E-state index in [0.29, 0.717) is 17.8 Å². The normalized spacial score (nSPS) is 11.0. The summed E-state index contributed by atoms with van der Waals surface area (Å²) in [5.74, 6) is 1.07. The van der Waals surface area contributed by atoms with Crippen LogP contribution in [0.2, 0.25) is 0 Å². The Balaban J connectivity index is 0.00000208. The fourth-order valence-corrected chi connectivity index (χ4v) is 2.58. The zero-order valence-corrected chi connectivity index (χ0v) is 14.5. The van der Waals surface area contributed by atoms with Gasteiger partial charge in [-0.05, 0) is 51.3 Å². The van der Waals surface area contributed by atoms with Crippen molar-refractivity contribution in [2.24, 2.45) is 0 Å². The Kier molecular flexibility index (Phi) is 5.64. The number of nitrogens with zero attached hydrogens (tertiary/aromatic N) is 3. The molecule has 7 heteroatoms. The van der Waals surface area contributed by atoms with Gasteiger partial charge >= 0.3 is 0 Å². The van der Waals surface area contributed by atoms with Crippen LogP contribution in [0.15, 0.2) is 41.0 Å². The lowest BCUT2D eigenvalue weighted by Gasteiger charge is -2.08. The first kappa shape index (κ1) is 18.0. The van der Waals surface area contributed by atoms with E-state index in [1.807, 2.05) is 44.4 Å². The van der Waals surface area contributed by atoms with Crippen LogP contribution in [0.4, 0.5) is 5.82 Å². The summed E-state index contributed by atoms with van der Waals surface area (Å²) in [4.78, 5) is 14.5. The first-order valence-corrected chi connectivity index (χ1v) is 7.56. The van der Waals surface area contributed by atoms with Crippen LogP contribution in [0, 0.1) is 0 Å². The van der Waals surface area contributed by atoms with Crippen molar-refractivity contribution < 1.29 is 9.21 Å². The minimum Gasteiger partial charge on any atom is -0.464 e. The zero-order valence-electron chi connectivity index (χ0n) is 13.7. The quantitative estimate of drug-likeness (QED) is 0.765. The molecular formula is C17H21ClN4O2. The molecule has 0 saturated carbocycles. The minimum atomic E-state index is -0.0508. The molecule has 2 N–H and O–H groups in total. The summed E-state index contributed by atoms with van der Waals surface area (Å²) in [6, 6.07) is 9.39. The molecule has 3 rings (SSSR count). The zero-order chi connectivity index (χ0) is 16.4. The molecular weight excluding hydrogens is 328 g/mol. The molecule has 1 aromatic carbocycles. The number of hydrogen-bond donors (Lipinski definition) is 1. The van der Waals surface area contributed by atoms with Gasteiger partial charge in [0, 0.05) is 17.4 Å². The lowest BCUT2D eigenvalue weighted by molar-refractivity contribution is 0.0887. The van der Waals surface area contributed by atoms with Crippen molar-refractivity contribution in [1.82, 2.24) is 14.7 Å². The average Bonchev–Trinajstić information content (AvgIpc) is 3.15. The second-order valence-corrected chi connectivity index (χ2v) is 5.81. The Morgan fingerprint density at radius 2 is 2.12 bits per heavy atom. The third-order valence-electron chi connectivity index (χ3n) is 3.75. The molecule has 0 spiro atoms. The summed E-state index contributed by atoms with van der Waals surface area (Å²) >= 11 is 0. The van der Waals surface area contributed by atoms with Crippen molar-refractivity contribution >= 4 is 35.0 Å². The lowest BCUT2D eigenvalue weighted by atomic mass is 10.1. The number of hydrogen-bond acceptors (Lipinski definition) is 5. The number of carbonyl (C=O) groups excluding carboxylic acids is 1. The van der Waals surface area contributed by atoms with Gasteiger partial charge in [0.25, 0.3) is 0 Å². The second kappa shape index (κ2) is 7.51. The van der Waals surface area contributed by atoms with Crippen LogP contribution in [-0.2, 0) is 0 Å². The lowest BCUT2D eigenvalue weighted by Crippen LogP contribution is -2.17. The van der Waals surface area contributed by atoms with Crippen LogP contribution in [-0.4, -0.2) is 41.2 Å². The molecule has 0 aliphatic heterocycles. The van der Waals surface area contributed by atoms with Crippen molar-refractivity contribution in [2.45, 2.75) is 12.8 Å². The van der Waals surface area contributed by atoms with E-state index >= 15 is 0 Å². The molecule has 0 aliphatic carbocycles. The second-order valence-electron chi connectivity index (χ2n) is 5.81. The van der Waals surface area contributed by atoms with Crippen molar-refractivity contribution in [3.05, 3.63) is 36.6 Å². The minimum absolute atomic E-state index is 0. The smallest absolute Gasteiger partial charge is 0.247 e. The molecule has 2 heterocycles. The number of fused-ring (bicyclic) bond motifs is 1. The van der Waals surface area contributed by atoms with Gasteiger partial charge in [0.15, 0.2) is 5.82 Å². The number of nitrogen functional groups attached to an aromatic ring is 1. The Morgan fingerprint density at radius 1 is 1.33 bits per heavy atom. The van der Waals surface area contributed by atoms with E-state index in [9.17, 15) is 4.79 Å². The highest BCUT2D eigenvalue weighted by atomic mass is 35.5. The maximum atomic E-state index is 12.5. The predicted octanol–water partition coefficient (Wildman–Crippen LogP) is 3.28. The number of aromatic nitrogens is 2. The number of furan rings is 1. The molecule has 0 bridgehead atoms. The van der Waals surface area contributed by atoms with Crippen molar-refractivity contribution in [2.75, 3.05) is 26.4 Å². The fourth-order valence-electron chi connectivity index (χ4n) is 2.58. The molecule has 128 valence electrons. The molecule has 0 atom stereocenters. The van der Waals surface area contributed by atoms with Gasteiger partial charge < -0.3 is 15.1 Å². The molecule has 24 heavy (non-hydrogen) atoms. The number of benzene rings is 1. The Bertz CT molecular complexity index is 825. The van der Waals surface area contributed by atoms with Gasteiger partial charge in [-0.1, -0.05) is 6.07 Å². The van der Waals surface area contributed by atoms with Crippen molar-refractivity contribution in [3.63, 3.8) is 0 Å². The number of rotatable bonds is 5. The average molecular weight is 349 g/mol. The third-order valence-corrected chi connectivity index (χ3v) is 3.75. The summed E-state index contributed by atoms with van der Waals surface area (Å²) in [5, 5.41) is 4.99. The third kappa shape index (κ3) is 3.60. The van der Waals surface area contributed by atoms with E-state index < -0.39 is 0 Å². The maximum absolute atomic E-state index is 12.5. The van der Waals surface area contributed by atoms with Crippen LogP contribution < -0.4 is 5.73 Å². The van der Waals surface area contributed by atoms with E-state index in [4.69, 9.17) is 10.2 Å². The van der Waals surface area contributed by atoms with Gasteiger partial charge in [-0.3, -0.25) is 4.79 Å². The molecule has 3 aromatic rings. The molecule has 0 radical (unpaired) electrons. The number of carbonyl (C=O) groups is 1. The van der Waals surface area contributed by atoms with Crippen LogP contribution in [0.1, 0.15) is 17.6 Å². The summed E-state index contributed by atoms with van der Waals surface area (Å²) < 4.78 is 6.82. The summed E-state index contributed by atoms with van der Waals surface area (Å²) in [6.07, 6.45) is 2.84. The number of anilines is 1. The van der Waals surface area contributed by atoms with Gasteiger partial charge in [0.1, 0.15) is 5.76 Å². The Labute approximate surface area is 146 Å². The molecule has 2 aromatic heterocycles. The van der Waals surface area contributed by atoms with Gasteiger partial charge in [-0.15, -0.1) is 17.5 Å². The Hall–Kier alpha value is -2.31. The molecule has 6 nitrogen and oxygen atoms in total. The van der Waals surface area contributed by atoms with E-state index in [-0.39, 0.29) is 18.3 Å². The van der Waals surface area contributed by atoms with Crippen LogP contribution >= 0.6 is 12.4 Å². The number of nitrogens with two attached hydrogens (primary N) is 1. The van der Waals surface area contributed by atoms with E-state index in [2.05, 4.69) is 10.00 Å². The highest BCUT2D eigenvalue weighted by Crippen LogP contribution is 2.27. The van der Waals surface area contributed by atoms with Crippen LogP contribution in [0.5, 0.6) is 0 Å². The van der Waals surface area contributed by atoms with Gasteiger partial charge in [-0.2, -0.15) is 4.68 Å². The molecule has 0 aliphatic rings. The predicted molar refractivity (Wildman–Crippen MR) is 97.5 cm³/mol. The first-order valence-electron chi connectivity index (χ1n) is 7.56. The van der Waals surface area contributed by atoms with Gasteiger partial charge in [-0.25, -0.2) is 0 Å². The maximum Gasteiger partial charge on any atom is 0.247 e. The summed E-state index contributed by atoms with van der Waals surface area (Å²) in [6.45, 7) is 0.859. The van der Waals surface area contributed by atoms with E-state index in [1.165, 1.54) is 4.68 Å². The molecule has 0 unspecified atom stereocenters. The fraction of sp³-hybridized carbons (Fsp3) is 0.294. The van der Waals surface area contributed by atoms with Crippen LogP contribution in [0.25, 0.3) is 22.2 Å². The van der Waals surface area contributed by atoms with Gasteiger partial charge in [0.2, 0.25) is 5.91 Å². The van der Waals surface area contributed by atoms with Crippen molar-refractivity contribution in [3.8, 4) is 11.3 Å². The monoisotopic (exact) mass is 348 g/mol.